The van der Waals surface area contributed by atoms with Gasteiger partial charge in [0.2, 0.25) is 11.9 Å². The van der Waals surface area contributed by atoms with Crippen molar-refractivity contribution < 1.29 is 9.53 Å². The first-order chi connectivity index (χ1) is 18.7. The third kappa shape index (κ3) is 4.84. The van der Waals surface area contributed by atoms with Gasteiger partial charge < -0.3 is 20.3 Å². The molecular formula is C27H37N9O2. The molecule has 3 aromatic rings. The van der Waals surface area contributed by atoms with Crippen LogP contribution in [-0.4, -0.2) is 86.6 Å². The van der Waals surface area contributed by atoms with Crippen LogP contribution in [0.15, 0.2) is 24.4 Å². The quantitative estimate of drug-likeness (QED) is 0.437. The molecule has 38 heavy (non-hydrogen) atoms. The van der Waals surface area contributed by atoms with Crippen molar-refractivity contribution in [3.05, 3.63) is 30.1 Å². The number of carbonyl (C=O) groups is 1. The highest BCUT2D eigenvalue weighted by Gasteiger charge is 2.36. The SMILES string of the molecule is O=C(NC1CCCN(C2CCOCC2)C1)C1CCCN1c1nc(Nc2cc(C3CC3)[nH]n2)c2cccn2n1. The summed E-state index contributed by atoms with van der Waals surface area (Å²) in [5.41, 5.74) is 2.04. The Hall–Kier alpha value is -3.18. The lowest BCUT2D eigenvalue weighted by molar-refractivity contribution is -0.123. The first-order valence-electron chi connectivity index (χ1n) is 14.3. The summed E-state index contributed by atoms with van der Waals surface area (Å²) in [5, 5.41) is 19.2. The van der Waals surface area contributed by atoms with Gasteiger partial charge >= 0.3 is 0 Å². The molecule has 3 saturated heterocycles. The monoisotopic (exact) mass is 519 g/mol. The number of fused-ring (bicyclic) bond motifs is 1. The number of ether oxygens (including phenoxy) is 1. The summed E-state index contributed by atoms with van der Waals surface area (Å²) < 4.78 is 7.39. The lowest BCUT2D eigenvalue weighted by Gasteiger charge is -2.40. The van der Waals surface area contributed by atoms with Crippen LogP contribution in [0.5, 0.6) is 0 Å². The van der Waals surface area contributed by atoms with E-state index in [1.165, 1.54) is 18.5 Å². The summed E-state index contributed by atoms with van der Waals surface area (Å²) in [6.45, 7) is 4.50. The van der Waals surface area contributed by atoms with Crippen LogP contribution >= 0.6 is 0 Å². The Bertz CT molecular complexity index is 1280. The van der Waals surface area contributed by atoms with Gasteiger partial charge in [-0.05, 0) is 70.0 Å². The number of rotatable bonds is 7. The zero-order valence-electron chi connectivity index (χ0n) is 21.8. The molecule has 1 amide bonds. The normalized spacial score (nSPS) is 25.2. The number of carbonyl (C=O) groups excluding carboxylic acids is 1. The van der Waals surface area contributed by atoms with Gasteiger partial charge in [0.15, 0.2) is 11.6 Å². The van der Waals surface area contributed by atoms with Crippen LogP contribution in [0.25, 0.3) is 5.52 Å². The van der Waals surface area contributed by atoms with E-state index in [2.05, 4.69) is 36.7 Å². The molecule has 3 N–H and O–H groups in total. The number of likely N-dealkylation sites (tertiary alicyclic amines) is 1. The fourth-order valence-electron chi connectivity index (χ4n) is 6.34. The molecule has 11 nitrogen and oxygen atoms in total. The maximum Gasteiger partial charge on any atom is 0.246 e. The summed E-state index contributed by atoms with van der Waals surface area (Å²) >= 11 is 0. The van der Waals surface area contributed by atoms with Crippen LogP contribution in [-0.2, 0) is 9.53 Å². The lowest BCUT2D eigenvalue weighted by atomic mass is 9.99. The summed E-state index contributed by atoms with van der Waals surface area (Å²) in [5.74, 6) is 2.71. The summed E-state index contributed by atoms with van der Waals surface area (Å²) in [6, 6.07) is 6.52. The molecule has 0 aromatic carbocycles. The van der Waals surface area contributed by atoms with Crippen LogP contribution in [0, 0.1) is 0 Å². The highest BCUT2D eigenvalue weighted by Crippen LogP contribution is 2.39. The van der Waals surface area contributed by atoms with Crippen molar-refractivity contribution in [2.45, 2.75) is 75.4 Å². The zero-order chi connectivity index (χ0) is 25.5. The first-order valence-corrected chi connectivity index (χ1v) is 14.3. The molecule has 7 rings (SSSR count). The average Bonchev–Trinajstić information content (AvgIpc) is 3.32. The number of nitrogens with one attached hydrogen (secondary N) is 3. The van der Waals surface area contributed by atoms with Crippen molar-refractivity contribution in [2.75, 3.05) is 43.1 Å². The fourth-order valence-corrected chi connectivity index (χ4v) is 6.34. The van der Waals surface area contributed by atoms with Gasteiger partial charge in [-0.3, -0.25) is 14.8 Å². The van der Waals surface area contributed by atoms with E-state index in [4.69, 9.17) is 14.8 Å². The smallest absolute Gasteiger partial charge is 0.246 e. The molecular weight excluding hydrogens is 482 g/mol. The molecule has 4 fully saturated rings. The number of nitrogens with zero attached hydrogens (tertiary/aromatic N) is 6. The number of piperidine rings is 1. The van der Waals surface area contributed by atoms with Crippen LogP contribution in [0.4, 0.5) is 17.6 Å². The summed E-state index contributed by atoms with van der Waals surface area (Å²) in [4.78, 5) is 23.1. The second kappa shape index (κ2) is 10.2. The minimum Gasteiger partial charge on any atom is -0.381 e. The zero-order valence-corrected chi connectivity index (χ0v) is 21.8. The van der Waals surface area contributed by atoms with Gasteiger partial charge in [-0.25, -0.2) is 4.52 Å². The van der Waals surface area contributed by atoms with E-state index in [1.54, 1.807) is 0 Å². The van der Waals surface area contributed by atoms with E-state index < -0.39 is 0 Å². The van der Waals surface area contributed by atoms with E-state index in [-0.39, 0.29) is 18.0 Å². The molecule has 1 aliphatic carbocycles. The number of hydrogen-bond acceptors (Lipinski definition) is 8. The van der Waals surface area contributed by atoms with Crippen LogP contribution < -0.4 is 15.5 Å². The summed E-state index contributed by atoms with van der Waals surface area (Å²) in [6.07, 6.45) is 10.4. The molecule has 202 valence electrons. The van der Waals surface area contributed by atoms with Crippen molar-refractivity contribution in [1.29, 1.82) is 0 Å². The Labute approximate surface area is 222 Å². The Morgan fingerprint density at radius 3 is 2.82 bits per heavy atom. The van der Waals surface area contributed by atoms with Crippen LogP contribution in [0.1, 0.15) is 63.0 Å². The van der Waals surface area contributed by atoms with Gasteiger partial charge in [-0.2, -0.15) is 10.1 Å². The standard InChI is InChI=1S/C27H37N9O2/c37-26(28-19-4-1-11-34(17-19)20-9-14-38-15-10-20)23-6-2-12-35(23)27-30-25(22-5-3-13-36(22)33-27)29-24-16-21(31-32-24)18-7-8-18/h3,5,13,16,18-20,23H,1-2,4,6-12,14-15,17H2,(H,28,37)(H2,29,30,31,32,33). The Balaban J connectivity index is 1.06. The molecule has 0 radical (unpaired) electrons. The predicted octanol–water partition coefficient (Wildman–Crippen LogP) is 2.80. The van der Waals surface area contributed by atoms with Gasteiger partial charge in [-0.1, -0.05) is 0 Å². The van der Waals surface area contributed by atoms with Crippen molar-refractivity contribution in [1.82, 2.24) is 35.0 Å². The van der Waals surface area contributed by atoms with E-state index in [0.29, 0.717) is 23.7 Å². The molecule has 4 aliphatic rings. The number of anilines is 3. The van der Waals surface area contributed by atoms with Crippen molar-refractivity contribution in [2.24, 2.45) is 0 Å². The fraction of sp³-hybridized carbons (Fsp3) is 0.630. The maximum absolute atomic E-state index is 13.6. The largest absolute Gasteiger partial charge is 0.381 e. The van der Waals surface area contributed by atoms with Crippen molar-refractivity contribution in [3.63, 3.8) is 0 Å². The number of amides is 1. The minimum absolute atomic E-state index is 0.0911. The van der Waals surface area contributed by atoms with E-state index in [9.17, 15) is 4.79 Å². The second-order valence-corrected chi connectivity index (χ2v) is 11.2. The van der Waals surface area contributed by atoms with Gasteiger partial charge in [0.05, 0.1) is 0 Å². The van der Waals surface area contributed by atoms with Gasteiger partial charge in [0, 0.05) is 62.3 Å². The number of hydrogen-bond donors (Lipinski definition) is 3. The Morgan fingerprint density at radius 1 is 1.08 bits per heavy atom. The molecule has 2 atom stereocenters. The van der Waals surface area contributed by atoms with Gasteiger partial charge in [0.1, 0.15) is 11.6 Å². The molecule has 11 heteroatoms. The molecule has 3 aliphatic heterocycles. The number of aromatic nitrogens is 5. The second-order valence-electron chi connectivity index (χ2n) is 11.2. The van der Waals surface area contributed by atoms with E-state index in [1.807, 2.05) is 22.8 Å². The molecule has 2 unspecified atom stereocenters. The van der Waals surface area contributed by atoms with Crippen molar-refractivity contribution in [3.8, 4) is 0 Å². The maximum atomic E-state index is 13.6. The minimum atomic E-state index is -0.263. The van der Waals surface area contributed by atoms with Gasteiger partial charge in [0.25, 0.3) is 0 Å². The topological polar surface area (TPSA) is 116 Å². The van der Waals surface area contributed by atoms with Crippen molar-refractivity contribution >= 4 is 29.0 Å². The third-order valence-corrected chi connectivity index (χ3v) is 8.56. The van der Waals surface area contributed by atoms with Crippen LogP contribution in [0.3, 0.4) is 0 Å². The highest BCUT2D eigenvalue weighted by atomic mass is 16.5. The van der Waals surface area contributed by atoms with Crippen LogP contribution in [0.2, 0.25) is 0 Å². The van der Waals surface area contributed by atoms with E-state index >= 15 is 0 Å². The number of H-pyrrole nitrogens is 1. The van der Waals surface area contributed by atoms with Gasteiger partial charge in [-0.15, -0.1) is 5.10 Å². The molecule has 6 heterocycles. The number of aromatic amines is 1. The highest BCUT2D eigenvalue weighted by molar-refractivity contribution is 5.86. The Kier molecular flexibility index (Phi) is 6.40. The molecule has 0 spiro atoms. The summed E-state index contributed by atoms with van der Waals surface area (Å²) in [7, 11) is 0. The lowest BCUT2D eigenvalue weighted by Crippen LogP contribution is -2.55. The molecule has 0 bridgehead atoms. The average molecular weight is 520 g/mol. The predicted molar refractivity (Wildman–Crippen MR) is 144 cm³/mol. The Morgan fingerprint density at radius 2 is 1.95 bits per heavy atom. The van der Waals surface area contributed by atoms with E-state index in [0.717, 1.165) is 82.7 Å². The molecule has 3 aromatic heterocycles. The first kappa shape index (κ1) is 23.9. The molecule has 1 saturated carbocycles. The third-order valence-electron chi connectivity index (χ3n) is 8.56.